The quantitative estimate of drug-likeness (QED) is 0.367. The summed E-state index contributed by atoms with van der Waals surface area (Å²) in [5.74, 6) is -0.222. The summed E-state index contributed by atoms with van der Waals surface area (Å²) in [4.78, 5) is 16.7. The first kappa shape index (κ1) is 27.5. The predicted molar refractivity (Wildman–Crippen MR) is 136 cm³/mol. The van der Waals surface area contributed by atoms with E-state index in [0.717, 1.165) is 11.4 Å². The van der Waals surface area contributed by atoms with Crippen LogP contribution in [0.4, 0.5) is 10.1 Å². The van der Waals surface area contributed by atoms with Gasteiger partial charge in [0.15, 0.2) is 6.10 Å². The van der Waals surface area contributed by atoms with Crippen molar-refractivity contribution in [3.8, 4) is 17.0 Å². The number of benzene rings is 2. The molecule has 3 aromatic rings. The molecule has 11 nitrogen and oxygen atoms in total. The maximum atomic E-state index is 13.7. The van der Waals surface area contributed by atoms with Gasteiger partial charge in [0.2, 0.25) is 0 Å². The van der Waals surface area contributed by atoms with Crippen LogP contribution in [0.1, 0.15) is 6.04 Å². The van der Waals surface area contributed by atoms with Crippen LogP contribution in [0.5, 0.6) is 5.75 Å². The zero-order valence-electron chi connectivity index (χ0n) is 21.4. The van der Waals surface area contributed by atoms with Crippen LogP contribution in [-0.2, 0) is 9.53 Å². The summed E-state index contributed by atoms with van der Waals surface area (Å²) >= 11 is 0. The van der Waals surface area contributed by atoms with Crippen molar-refractivity contribution in [3.63, 3.8) is 0 Å². The van der Waals surface area contributed by atoms with Gasteiger partial charge >= 0.3 is 0 Å². The third kappa shape index (κ3) is 5.78. The Balaban J connectivity index is 1.47. The van der Waals surface area contributed by atoms with Gasteiger partial charge in [-0.3, -0.25) is 4.79 Å². The molecule has 12 heteroatoms. The Morgan fingerprint density at radius 2 is 1.87 bits per heavy atom. The highest BCUT2D eigenvalue weighted by Gasteiger charge is 2.49. The Bertz CT molecular complexity index is 1220. The highest BCUT2D eigenvalue weighted by atomic mass is 19.1. The van der Waals surface area contributed by atoms with Crippen molar-refractivity contribution in [2.45, 2.75) is 30.5 Å². The minimum Gasteiger partial charge on any atom is -0.497 e. The fraction of sp³-hybridized carbons (Fsp3) is 0.423. The Kier molecular flexibility index (Phi) is 8.57. The molecule has 1 saturated heterocycles. The molecule has 2 heterocycles. The second-order valence-corrected chi connectivity index (χ2v) is 9.22. The van der Waals surface area contributed by atoms with Crippen LogP contribution in [0.3, 0.4) is 0 Å². The lowest BCUT2D eigenvalue weighted by atomic mass is 9.92. The Labute approximate surface area is 219 Å². The van der Waals surface area contributed by atoms with Crippen LogP contribution in [0.2, 0.25) is 0 Å². The monoisotopic (exact) mass is 529 g/mol. The second kappa shape index (κ2) is 11.9. The first-order chi connectivity index (χ1) is 18.2. The largest absolute Gasteiger partial charge is 0.497 e. The molecule has 204 valence electrons. The first-order valence-electron chi connectivity index (χ1n) is 12.1. The summed E-state index contributed by atoms with van der Waals surface area (Å²) < 4.78 is 25.7. The highest BCUT2D eigenvalue weighted by Crippen LogP contribution is 2.31. The molecule has 2 aromatic carbocycles. The van der Waals surface area contributed by atoms with Gasteiger partial charge in [-0.25, -0.2) is 9.07 Å². The van der Waals surface area contributed by atoms with E-state index in [1.54, 1.807) is 20.2 Å². The normalized spacial score (nSPS) is 23.2. The van der Waals surface area contributed by atoms with Crippen LogP contribution in [-0.4, -0.2) is 106 Å². The van der Waals surface area contributed by atoms with E-state index in [1.807, 2.05) is 36.2 Å². The number of aliphatic hydroxyl groups excluding tert-OH is 3. The zero-order chi connectivity index (χ0) is 27.4. The number of carbonyl (C=O) groups excluding carboxylic acids is 1. The maximum absolute atomic E-state index is 13.7. The van der Waals surface area contributed by atoms with Gasteiger partial charge in [0.1, 0.15) is 41.6 Å². The molecule has 38 heavy (non-hydrogen) atoms. The predicted octanol–water partition coefficient (Wildman–Crippen LogP) is 0.710. The molecule has 0 radical (unpaired) electrons. The molecular weight excluding hydrogens is 497 g/mol. The van der Waals surface area contributed by atoms with Gasteiger partial charge in [-0.15, -0.1) is 5.10 Å². The third-order valence-electron chi connectivity index (χ3n) is 6.73. The van der Waals surface area contributed by atoms with Crippen LogP contribution in [0, 0.1) is 5.82 Å². The minimum absolute atomic E-state index is 0.317. The molecule has 0 aliphatic carbocycles. The molecule has 5 atom stereocenters. The number of carbonyl (C=O) groups is 1. The molecular formula is C26H32FN5O6. The number of ether oxygens (including phenoxy) is 2. The van der Waals surface area contributed by atoms with E-state index in [-0.39, 0.29) is 0 Å². The Morgan fingerprint density at radius 1 is 1.13 bits per heavy atom. The fourth-order valence-corrected chi connectivity index (χ4v) is 4.41. The molecule has 1 amide bonds. The molecule has 0 spiro atoms. The number of halogens is 1. The number of anilines is 1. The van der Waals surface area contributed by atoms with E-state index in [9.17, 15) is 24.5 Å². The summed E-state index contributed by atoms with van der Waals surface area (Å²) in [6, 6.07) is 12.1. The molecule has 1 aromatic heterocycles. The number of hydrogen-bond acceptors (Lipinski definition) is 9. The van der Waals surface area contributed by atoms with E-state index < -0.39 is 48.8 Å². The maximum Gasteiger partial charge on any atom is 0.254 e. The smallest absolute Gasteiger partial charge is 0.254 e. The Morgan fingerprint density at radius 3 is 2.53 bits per heavy atom. The van der Waals surface area contributed by atoms with Crippen molar-refractivity contribution >= 4 is 11.6 Å². The van der Waals surface area contributed by atoms with Crippen molar-refractivity contribution < 1.29 is 34.0 Å². The lowest BCUT2D eigenvalue weighted by molar-refractivity contribution is -0.210. The molecule has 1 fully saturated rings. The standard InChI is InChI=1S/C26H32FN5O6/c1-30(18-7-9-19(37-3)10-8-18)11-12-31(2)26(36)25-24(35)22(23(34)21(15-33)38-25)32-14-20(28-29-32)16-5-4-6-17(27)13-16/h4-10,13-14,21-25,33-35H,11-12,15H2,1-3H3/t21-,22+,23+,24-,25-/m1/s1. The van der Waals surface area contributed by atoms with Gasteiger partial charge in [-0.05, 0) is 36.4 Å². The van der Waals surface area contributed by atoms with E-state index in [4.69, 9.17) is 9.47 Å². The third-order valence-corrected chi connectivity index (χ3v) is 6.73. The zero-order valence-corrected chi connectivity index (χ0v) is 21.4. The van der Waals surface area contributed by atoms with Crippen molar-refractivity contribution in [2.24, 2.45) is 0 Å². The number of hydrogen-bond donors (Lipinski definition) is 3. The van der Waals surface area contributed by atoms with Gasteiger partial charge in [0, 0.05) is 38.4 Å². The summed E-state index contributed by atoms with van der Waals surface area (Å²) in [5, 5.41) is 39.8. The lowest BCUT2D eigenvalue weighted by Gasteiger charge is -2.42. The fourth-order valence-electron chi connectivity index (χ4n) is 4.41. The molecule has 1 aliphatic heterocycles. The average molecular weight is 530 g/mol. The number of aromatic nitrogens is 3. The van der Waals surface area contributed by atoms with E-state index >= 15 is 0 Å². The first-order valence-corrected chi connectivity index (χ1v) is 12.1. The molecule has 3 N–H and O–H groups in total. The number of aliphatic hydroxyl groups is 3. The van der Waals surface area contributed by atoms with Crippen LogP contribution < -0.4 is 9.64 Å². The number of rotatable bonds is 9. The van der Waals surface area contributed by atoms with E-state index in [2.05, 4.69) is 10.3 Å². The van der Waals surface area contributed by atoms with Gasteiger partial charge in [0.05, 0.1) is 19.9 Å². The average Bonchev–Trinajstić information content (AvgIpc) is 3.41. The Hall–Kier alpha value is -3.58. The van der Waals surface area contributed by atoms with Gasteiger partial charge in [-0.2, -0.15) is 0 Å². The van der Waals surface area contributed by atoms with E-state index in [1.165, 1.54) is 34.0 Å². The molecule has 0 saturated carbocycles. The second-order valence-electron chi connectivity index (χ2n) is 9.22. The SMILES string of the molecule is COc1ccc(N(C)CCN(C)C(=O)[C@@H]2O[C@H](CO)[C@H](O)[C@H](n3cc(-c4cccc(F)c4)nn3)[C@H]2O)cc1. The number of amides is 1. The molecule has 0 bridgehead atoms. The van der Waals surface area contributed by atoms with Crippen molar-refractivity contribution in [2.75, 3.05) is 45.8 Å². The molecule has 4 rings (SSSR count). The molecule has 1 aliphatic rings. The van der Waals surface area contributed by atoms with Gasteiger partial charge in [-0.1, -0.05) is 17.3 Å². The van der Waals surface area contributed by atoms with Crippen molar-refractivity contribution in [3.05, 3.63) is 60.5 Å². The molecule has 0 unspecified atom stereocenters. The topological polar surface area (TPSA) is 133 Å². The summed E-state index contributed by atoms with van der Waals surface area (Å²) in [7, 11) is 5.07. The van der Waals surface area contributed by atoms with Gasteiger partial charge in [0.25, 0.3) is 5.91 Å². The van der Waals surface area contributed by atoms with Crippen molar-refractivity contribution in [1.82, 2.24) is 19.9 Å². The van der Waals surface area contributed by atoms with E-state index in [0.29, 0.717) is 24.3 Å². The van der Waals surface area contributed by atoms with Gasteiger partial charge < -0.3 is 34.6 Å². The minimum atomic E-state index is -1.50. The summed E-state index contributed by atoms with van der Waals surface area (Å²) in [6.07, 6.45) is -3.94. The van der Waals surface area contributed by atoms with Crippen LogP contribution in [0.25, 0.3) is 11.3 Å². The van der Waals surface area contributed by atoms with Crippen LogP contribution in [0.15, 0.2) is 54.7 Å². The number of nitrogens with zero attached hydrogens (tertiary/aromatic N) is 5. The highest BCUT2D eigenvalue weighted by molar-refractivity contribution is 5.81. The number of methoxy groups -OCH3 is 1. The summed E-state index contributed by atoms with van der Waals surface area (Å²) in [6.45, 7) is 0.231. The summed E-state index contributed by atoms with van der Waals surface area (Å²) in [5.41, 5.74) is 1.71. The lowest BCUT2D eigenvalue weighted by Crippen LogP contribution is -2.60. The number of likely N-dealkylation sites (N-methyl/N-ethyl adjacent to an activating group) is 2. The van der Waals surface area contributed by atoms with Crippen molar-refractivity contribution in [1.29, 1.82) is 0 Å². The van der Waals surface area contributed by atoms with Crippen LogP contribution >= 0.6 is 0 Å².